The zero-order chi connectivity index (χ0) is 13.2. The van der Waals surface area contributed by atoms with Crippen molar-refractivity contribution in [2.75, 3.05) is 0 Å². The van der Waals surface area contributed by atoms with Crippen LogP contribution in [-0.4, -0.2) is 41.8 Å². The SMILES string of the molecule is O=C(O)c1cccc([As]c2ncnc3cc[nH]c23)c1. The second-order valence-electron chi connectivity index (χ2n) is 3.90. The number of carboxylic acid groups (broad SMARTS) is 1. The molecule has 0 saturated carbocycles. The van der Waals surface area contributed by atoms with Crippen LogP contribution in [0.2, 0.25) is 0 Å². The summed E-state index contributed by atoms with van der Waals surface area (Å²) >= 11 is -0.372. The molecule has 3 rings (SSSR count). The van der Waals surface area contributed by atoms with Crippen molar-refractivity contribution in [3.63, 3.8) is 0 Å². The van der Waals surface area contributed by atoms with Gasteiger partial charge in [-0.15, -0.1) is 0 Å². The molecule has 0 atom stereocenters. The van der Waals surface area contributed by atoms with E-state index in [2.05, 4.69) is 15.0 Å². The van der Waals surface area contributed by atoms with Crippen LogP contribution < -0.4 is 8.83 Å². The van der Waals surface area contributed by atoms with Crippen molar-refractivity contribution in [1.29, 1.82) is 0 Å². The number of nitrogens with one attached hydrogen (secondary N) is 1. The molecule has 5 nitrogen and oxygen atoms in total. The molecule has 1 radical (unpaired) electrons. The third-order valence-corrected chi connectivity index (χ3v) is 4.93. The maximum atomic E-state index is 11.0. The number of hydrogen-bond acceptors (Lipinski definition) is 3. The van der Waals surface area contributed by atoms with Crippen LogP contribution in [0, 0.1) is 0 Å². The zero-order valence-electron chi connectivity index (χ0n) is 9.74. The van der Waals surface area contributed by atoms with E-state index in [1.807, 2.05) is 18.3 Å². The molecule has 6 heteroatoms. The van der Waals surface area contributed by atoms with Crippen LogP contribution in [-0.2, 0) is 0 Å². The molecule has 19 heavy (non-hydrogen) atoms. The monoisotopic (exact) mass is 314 g/mol. The molecule has 1 aromatic carbocycles. The molecule has 0 fully saturated rings. The number of carboxylic acids is 1. The van der Waals surface area contributed by atoms with Crippen LogP contribution >= 0.6 is 0 Å². The van der Waals surface area contributed by atoms with E-state index in [4.69, 9.17) is 5.11 Å². The van der Waals surface area contributed by atoms with E-state index in [1.165, 1.54) is 0 Å². The van der Waals surface area contributed by atoms with Gasteiger partial charge in [-0.3, -0.25) is 0 Å². The van der Waals surface area contributed by atoms with E-state index < -0.39 is 5.97 Å². The fourth-order valence-corrected chi connectivity index (χ4v) is 3.89. The maximum absolute atomic E-state index is 11.0. The summed E-state index contributed by atoms with van der Waals surface area (Å²) in [7, 11) is 0. The Balaban J connectivity index is 1.99. The fraction of sp³-hybridized carbons (Fsp3) is 0. The Morgan fingerprint density at radius 1 is 1.26 bits per heavy atom. The first-order valence-electron chi connectivity index (χ1n) is 5.57. The number of rotatable bonds is 3. The van der Waals surface area contributed by atoms with Gasteiger partial charge in [-0.25, -0.2) is 0 Å². The molecule has 2 aromatic heterocycles. The number of benzene rings is 1. The summed E-state index contributed by atoms with van der Waals surface area (Å²) in [6.07, 6.45) is 3.37. The topological polar surface area (TPSA) is 78.9 Å². The molecule has 93 valence electrons. The first-order chi connectivity index (χ1) is 9.24. The summed E-state index contributed by atoms with van der Waals surface area (Å²) in [4.78, 5) is 22.6. The van der Waals surface area contributed by atoms with Crippen LogP contribution in [0.1, 0.15) is 10.4 Å². The van der Waals surface area contributed by atoms with Crippen molar-refractivity contribution in [2.45, 2.75) is 0 Å². The Kier molecular flexibility index (Phi) is 3.05. The van der Waals surface area contributed by atoms with Crippen molar-refractivity contribution in [1.82, 2.24) is 15.0 Å². The molecule has 2 heterocycles. The van der Waals surface area contributed by atoms with Gasteiger partial charge >= 0.3 is 115 Å². The molecule has 0 amide bonds. The third-order valence-electron chi connectivity index (χ3n) is 2.65. The van der Waals surface area contributed by atoms with Gasteiger partial charge in [0, 0.05) is 0 Å². The number of fused-ring (bicyclic) bond motifs is 1. The van der Waals surface area contributed by atoms with Gasteiger partial charge < -0.3 is 0 Å². The zero-order valence-corrected chi connectivity index (χ0v) is 11.6. The van der Waals surface area contributed by atoms with E-state index in [1.54, 1.807) is 24.5 Å². The number of hydrogen-bond donors (Lipinski definition) is 2. The number of carbonyl (C=O) groups is 1. The van der Waals surface area contributed by atoms with Crippen molar-refractivity contribution < 1.29 is 9.90 Å². The van der Waals surface area contributed by atoms with Crippen LogP contribution in [0.15, 0.2) is 42.9 Å². The number of aromatic nitrogens is 3. The first-order valence-corrected chi connectivity index (χ1v) is 7.45. The van der Waals surface area contributed by atoms with E-state index in [9.17, 15) is 4.79 Å². The number of aromatic carboxylic acids is 1. The molecule has 0 spiro atoms. The predicted molar refractivity (Wildman–Crippen MR) is 72.3 cm³/mol. The molecular formula is C13H9AsN3O2. The van der Waals surface area contributed by atoms with E-state index >= 15 is 0 Å². The van der Waals surface area contributed by atoms with Crippen LogP contribution in [0.5, 0.6) is 0 Å². The molecule has 0 aliphatic heterocycles. The summed E-state index contributed by atoms with van der Waals surface area (Å²) in [5, 5.41) is 8.99. The average Bonchev–Trinajstić information content (AvgIpc) is 2.88. The molecule has 0 unspecified atom stereocenters. The summed E-state index contributed by atoms with van der Waals surface area (Å²) in [6, 6.07) is 8.90. The minimum atomic E-state index is -0.907. The van der Waals surface area contributed by atoms with E-state index in [0.29, 0.717) is 5.56 Å². The Labute approximate surface area is 115 Å². The quantitative estimate of drug-likeness (QED) is 0.682. The summed E-state index contributed by atoms with van der Waals surface area (Å²) in [5.41, 5.74) is 2.13. The van der Waals surface area contributed by atoms with Crippen LogP contribution in [0.3, 0.4) is 0 Å². The van der Waals surface area contributed by atoms with E-state index in [0.717, 1.165) is 19.9 Å². The van der Waals surface area contributed by atoms with Gasteiger partial charge in [0.25, 0.3) is 0 Å². The molecule has 2 N–H and O–H groups in total. The van der Waals surface area contributed by atoms with Crippen LogP contribution in [0.25, 0.3) is 11.0 Å². The van der Waals surface area contributed by atoms with Gasteiger partial charge in [-0.05, 0) is 0 Å². The van der Waals surface area contributed by atoms with Gasteiger partial charge in [0.05, 0.1) is 0 Å². The fourth-order valence-electron chi connectivity index (χ4n) is 1.77. The number of H-pyrrole nitrogens is 1. The number of aromatic amines is 1. The summed E-state index contributed by atoms with van der Waals surface area (Å²) in [5.74, 6) is -0.907. The second-order valence-corrected chi connectivity index (χ2v) is 6.34. The van der Waals surface area contributed by atoms with Crippen molar-refractivity contribution in [2.24, 2.45) is 0 Å². The Bertz CT molecular complexity index is 754. The Hall–Kier alpha value is -2.13. The molecule has 0 saturated heterocycles. The standard InChI is InChI=1S/C13H9AsN3O2/c18-13(19)8-2-1-3-9(6-8)14-12-11-10(4-5-15-11)16-7-17-12/h1-7,15H,(H,18,19). The predicted octanol–water partition coefficient (Wildman–Crippen LogP) is 0.311. The summed E-state index contributed by atoms with van der Waals surface area (Å²) < 4.78 is 1.96. The van der Waals surface area contributed by atoms with Gasteiger partial charge in [0.1, 0.15) is 0 Å². The average molecular weight is 314 g/mol. The Morgan fingerprint density at radius 2 is 2.16 bits per heavy atom. The van der Waals surface area contributed by atoms with Gasteiger partial charge in [0.15, 0.2) is 0 Å². The van der Waals surface area contributed by atoms with Gasteiger partial charge in [-0.1, -0.05) is 0 Å². The van der Waals surface area contributed by atoms with E-state index in [-0.39, 0.29) is 15.8 Å². The van der Waals surface area contributed by atoms with Crippen molar-refractivity contribution in [3.05, 3.63) is 48.4 Å². The third kappa shape index (κ3) is 2.37. The van der Waals surface area contributed by atoms with Gasteiger partial charge in [0.2, 0.25) is 0 Å². The van der Waals surface area contributed by atoms with Gasteiger partial charge in [-0.2, -0.15) is 0 Å². The first kappa shape index (κ1) is 11.9. The molecule has 0 bridgehead atoms. The summed E-state index contributed by atoms with van der Waals surface area (Å²) in [6.45, 7) is 0. The second kappa shape index (κ2) is 4.86. The molecule has 0 aliphatic carbocycles. The molecule has 0 aliphatic rings. The van der Waals surface area contributed by atoms with Crippen LogP contribution in [0.4, 0.5) is 0 Å². The van der Waals surface area contributed by atoms with Crippen molar-refractivity contribution >= 4 is 41.6 Å². The molecular weight excluding hydrogens is 305 g/mol. The minimum absolute atomic E-state index is 0.310. The Morgan fingerprint density at radius 3 is 3.00 bits per heavy atom. The molecule has 3 aromatic rings. The number of nitrogens with zero attached hydrogens (tertiary/aromatic N) is 2. The normalized spacial score (nSPS) is 11.4. The van der Waals surface area contributed by atoms with Crippen molar-refractivity contribution in [3.8, 4) is 0 Å².